The molecule has 0 bridgehead atoms. The van der Waals surface area contributed by atoms with E-state index in [1.54, 1.807) is 18.2 Å². The van der Waals surface area contributed by atoms with Gasteiger partial charge in [-0.25, -0.2) is 4.39 Å². The molecule has 0 aliphatic rings. The minimum atomic E-state index is -0.303. The smallest absolute Gasteiger partial charge is 0.146 e. The van der Waals surface area contributed by atoms with Gasteiger partial charge in [0.2, 0.25) is 0 Å². The lowest BCUT2D eigenvalue weighted by Gasteiger charge is -2.16. The summed E-state index contributed by atoms with van der Waals surface area (Å²) in [6.07, 6.45) is 3.33. The fraction of sp³-hybridized carbons (Fsp3) is 0.538. The van der Waals surface area contributed by atoms with Crippen LogP contribution >= 0.6 is 11.6 Å². The number of hydrogen-bond acceptors (Lipinski definition) is 1. The van der Waals surface area contributed by atoms with E-state index >= 15 is 0 Å². The summed E-state index contributed by atoms with van der Waals surface area (Å²) in [6, 6.07) is 5.59. The predicted octanol–water partition coefficient (Wildman–Crippen LogP) is 4.15. The molecular formula is C13H19ClFN. The summed E-state index contributed by atoms with van der Waals surface area (Å²) in [5.41, 5.74) is 0.641. The summed E-state index contributed by atoms with van der Waals surface area (Å²) in [6.45, 7) is 4.84. The molecule has 16 heavy (non-hydrogen) atoms. The molecule has 90 valence electrons. The van der Waals surface area contributed by atoms with Crippen LogP contribution in [0.3, 0.4) is 0 Å². The first-order valence-corrected chi connectivity index (χ1v) is 6.23. The third kappa shape index (κ3) is 3.76. The van der Waals surface area contributed by atoms with Gasteiger partial charge < -0.3 is 5.32 Å². The molecule has 1 nitrogen and oxygen atoms in total. The molecule has 0 spiro atoms. The van der Waals surface area contributed by atoms with Gasteiger partial charge in [-0.1, -0.05) is 44.0 Å². The number of rotatable bonds is 6. The molecule has 0 aliphatic carbocycles. The lowest BCUT2D eigenvalue weighted by Crippen LogP contribution is -2.28. The van der Waals surface area contributed by atoms with Gasteiger partial charge in [-0.3, -0.25) is 0 Å². The average molecular weight is 244 g/mol. The summed E-state index contributed by atoms with van der Waals surface area (Å²) < 4.78 is 13.6. The van der Waals surface area contributed by atoms with Crippen molar-refractivity contribution in [2.75, 3.05) is 0 Å². The first kappa shape index (κ1) is 13.5. The summed E-state index contributed by atoms with van der Waals surface area (Å²) >= 11 is 5.72. The van der Waals surface area contributed by atoms with E-state index in [9.17, 15) is 4.39 Å². The Kier molecular flexibility index (Phi) is 5.78. The molecule has 0 heterocycles. The van der Waals surface area contributed by atoms with Gasteiger partial charge in [0.15, 0.2) is 0 Å². The highest BCUT2D eigenvalue weighted by Gasteiger charge is 2.08. The van der Waals surface area contributed by atoms with Crippen LogP contribution in [0.4, 0.5) is 4.39 Å². The largest absolute Gasteiger partial charge is 0.310 e. The van der Waals surface area contributed by atoms with Crippen LogP contribution in [0.15, 0.2) is 18.2 Å². The van der Waals surface area contributed by atoms with Crippen molar-refractivity contribution in [3.05, 3.63) is 34.6 Å². The number of halogens is 2. The zero-order chi connectivity index (χ0) is 12.0. The van der Waals surface area contributed by atoms with Crippen LogP contribution in [0.2, 0.25) is 5.02 Å². The van der Waals surface area contributed by atoms with Crippen LogP contribution in [0.1, 0.15) is 38.7 Å². The van der Waals surface area contributed by atoms with E-state index in [-0.39, 0.29) is 10.8 Å². The van der Waals surface area contributed by atoms with Crippen LogP contribution in [0.25, 0.3) is 0 Å². The van der Waals surface area contributed by atoms with Crippen molar-refractivity contribution in [1.29, 1.82) is 0 Å². The Bertz CT molecular complexity index is 328. The molecule has 1 rings (SSSR count). The quantitative estimate of drug-likeness (QED) is 0.792. The maximum atomic E-state index is 13.6. The molecule has 1 aromatic rings. The molecular weight excluding hydrogens is 225 g/mol. The molecule has 0 aromatic heterocycles. The highest BCUT2D eigenvalue weighted by atomic mass is 35.5. The molecule has 1 aromatic carbocycles. The number of nitrogens with one attached hydrogen (secondary N) is 1. The summed E-state index contributed by atoms with van der Waals surface area (Å²) in [7, 11) is 0. The van der Waals surface area contributed by atoms with E-state index in [0.717, 1.165) is 19.3 Å². The van der Waals surface area contributed by atoms with Crippen LogP contribution in [0, 0.1) is 5.82 Å². The molecule has 1 atom stereocenters. The van der Waals surface area contributed by atoms with E-state index in [4.69, 9.17) is 11.6 Å². The highest BCUT2D eigenvalue weighted by Crippen LogP contribution is 2.18. The zero-order valence-corrected chi connectivity index (χ0v) is 10.6. The predicted molar refractivity (Wildman–Crippen MR) is 67.2 cm³/mol. The van der Waals surface area contributed by atoms with Crippen LogP contribution in [-0.4, -0.2) is 6.04 Å². The van der Waals surface area contributed by atoms with Crippen LogP contribution in [-0.2, 0) is 6.54 Å². The Hall–Kier alpha value is -0.600. The lowest BCUT2D eigenvalue weighted by molar-refractivity contribution is 0.455. The summed E-state index contributed by atoms with van der Waals surface area (Å²) in [5, 5.41) is 3.55. The fourth-order valence-corrected chi connectivity index (χ4v) is 1.93. The van der Waals surface area contributed by atoms with Gasteiger partial charge in [0.1, 0.15) is 5.82 Å². The van der Waals surface area contributed by atoms with Gasteiger partial charge in [-0.2, -0.15) is 0 Å². The average Bonchev–Trinajstić information content (AvgIpc) is 2.29. The molecule has 0 radical (unpaired) electrons. The maximum absolute atomic E-state index is 13.6. The SMILES string of the molecule is CCCC(CC)NCc1cccc(Cl)c1F. The monoisotopic (exact) mass is 243 g/mol. The third-order valence-corrected chi connectivity index (χ3v) is 3.03. The zero-order valence-electron chi connectivity index (χ0n) is 9.89. The Balaban J connectivity index is 2.56. The van der Waals surface area contributed by atoms with E-state index < -0.39 is 0 Å². The second-order valence-electron chi connectivity index (χ2n) is 3.99. The molecule has 0 amide bonds. The molecule has 1 N–H and O–H groups in total. The van der Waals surface area contributed by atoms with Gasteiger partial charge in [-0.05, 0) is 18.9 Å². The third-order valence-electron chi connectivity index (χ3n) is 2.74. The molecule has 0 saturated carbocycles. The number of benzene rings is 1. The summed E-state index contributed by atoms with van der Waals surface area (Å²) in [4.78, 5) is 0. The van der Waals surface area contributed by atoms with Crippen molar-refractivity contribution in [2.24, 2.45) is 0 Å². The second-order valence-corrected chi connectivity index (χ2v) is 4.39. The normalized spacial score (nSPS) is 12.8. The Labute approximate surface area is 102 Å². The lowest BCUT2D eigenvalue weighted by atomic mass is 10.1. The van der Waals surface area contributed by atoms with Gasteiger partial charge in [-0.15, -0.1) is 0 Å². The van der Waals surface area contributed by atoms with Crippen molar-refractivity contribution >= 4 is 11.6 Å². The summed E-state index contributed by atoms with van der Waals surface area (Å²) in [5.74, 6) is -0.303. The molecule has 3 heteroatoms. The Morgan fingerprint density at radius 2 is 2.12 bits per heavy atom. The number of hydrogen-bond donors (Lipinski definition) is 1. The first-order valence-electron chi connectivity index (χ1n) is 5.85. The van der Waals surface area contributed by atoms with E-state index in [0.29, 0.717) is 18.2 Å². The van der Waals surface area contributed by atoms with Crippen molar-refractivity contribution in [3.8, 4) is 0 Å². The van der Waals surface area contributed by atoms with Crippen LogP contribution in [0.5, 0.6) is 0 Å². The van der Waals surface area contributed by atoms with Crippen molar-refractivity contribution in [1.82, 2.24) is 5.32 Å². The minimum Gasteiger partial charge on any atom is -0.310 e. The van der Waals surface area contributed by atoms with Gasteiger partial charge in [0.25, 0.3) is 0 Å². The second kappa shape index (κ2) is 6.87. The van der Waals surface area contributed by atoms with Crippen LogP contribution < -0.4 is 5.32 Å². The van der Waals surface area contributed by atoms with Gasteiger partial charge in [0, 0.05) is 18.2 Å². The minimum absolute atomic E-state index is 0.197. The van der Waals surface area contributed by atoms with Gasteiger partial charge >= 0.3 is 0 Å². The van der Waals surface area contributed by atoms with Crippen molar-refractivity contribution < 1.29 is 4.39 Å². The maximum Gasteiger partial charge on any atom is 0.146 e. The van der Waals surface area contributed by atoms with E-state index in [1.165, 1.54) is 0 Å². The molecule has 1 unspecified atom stereocenters. The molecule has 0 aliphatic heterocycles. The van der Waals surface area contributed by atoms with Crippen molar-refractivity contribution in [3.63, 3.8) is 0 Å². The van der Waals surface area contributed by atoms with E-state index in [2.05, 4.69) is 19.2 Å². The fourth-order valence-electron chi connectivity index (χ4n) is 1.74. The first-order chi connectivity index (χ1) is 7.69. The standard InChI is InChI=1S/C13H19ClFN/c1-3-6-11(4-2)16-9-10-7-5-8-12(14)13(10)15/h5,7-8,11,16H,3-4,6,9H2,1-2H3. The highest BCUT2D eigenvalue weighted by molar-refractivity contribution is 6.30. The topological polar surface area (TPSA) is 12.0 Å². The van der Waals surface area contributed by atoms with E-state index in [1.807, 2.05) is 0 Å². The molecule has 0 fully saturated rings. The van der Waals surface area contributed by atoms with Crippen molar-refractivity contribution in [2.45, 2.75) is 45.7 Å². The van der Waals surface area contributed by atoms with Gasteiger partial charge in [0.05, 0.1) is 5.02 Å². The Morgan fingerprint density at radius 3 is 2.75 bits per heavy atom. The Morgan fingerprint density at radius 1 is 1.38 bits per heavy atom. The molecule has 0 saturated heterocycles.